The van der Waals surface area contributed by atoms with Crippen molar-refractivity contribution in [3.8, 4) is 0 Å². The maximum absolute atomic E-state index is 12.7. The van der Waals surface area contributed by atoms with Crippen LogP contribution in [0.5, 0.6) is 0 Å². The molecule has 2 rings (SSSR count). The molecular weight excluding hydrogens is 648 g/mol. The van der Waals surface area contributed by atoms with Gasteiger partial charge in [0.25, 0.3) is 0 Å². The van der Waals surface area contributed by atoms with Crippen LogP contribution >= 0.6 is 55.4 Å². The monoisotopic (exact) mass is 666 g/mol. The third kappa shape index (κ3) is 5.49. The first-order valence-electron chi connectivity index (χ1n) is 9.42. The summed E-state index contributed by atoms with van der Waals surface area (Å²) in [6, 6.07) is 0. The van der Waals surface area contributed by atoms with E-state index in [-0.39, 0.29) is 0 Å². The number of alkyl halides is 10. The molecule has 4 nitrogen and oxygen atoms in total. The zero-order valence-corrected chi connectivity index (χ0v) is 24.3. The summed E-state index contributed by atoms with van der Waals surface area (Å²) in [5.74, 6) is 0. The van der Waals surface area contributed by atoms with E-state index in [0.29, 0.717) is 0 Å². The molecule has 0 atom stereocenters. The van der Waals surface area contributed by atoms with Gasteiger partial charge in [-0.3, -0.25) is 0 Å². The van der Waals surface area contributed by atoms with E-state index in [1.807, 2.05) is 0 Å². The number of likely N-dealkylation sites (N-methyl/N-ethyl adjacent to an activating group) is 4. The molecule has 0 N–H and O–H groups in total. The van der Waals surface area contributed by atoms with E-state index < -0.39 is 35.4 Å². The Hall–Kier alpha value is 0.124. The Morgan fingerprint density at radius 2 is 0.943 bits per heavy atom. The van der Waals surface area contributed by atoms with Crippen LogP contribution in [0, 0.1) is 0 Å². The van der Waals surface area contributed by atoms with Crippen LogP contribution in [0.15, 0.2) is 0 Å². The summed E-state index contributed by atoms with van der Waals surface area (Å²) >= 11 is 25.9. The molecular formula is C14H21Cl5F10N4Si2. The number of rotatable bonds is 4. The zero-order valence-electron chi connectivity index (χ0n) is 18.4. The third-order valence-electron chi connectivity index (χ3n) is 5.49. The summed E-state index contributed by atoms with van der Waals surface area (Å²) in [6.07, 6.45) is -13.7. The first-order valence-corrected chi connectivity index (χ1v) is 19.6. The standard InChI is InChI=1S/C10H21Cl2N4Si.C4Cl3F10Si/c1-13-5-6-14(2)9(13)17(11,12)10-15(3)7-8-16(10)4;5-18(6,7,3(14,15)1(8,9)10)4(16,17)2(11,12)13/h17H,5-8H2,1-4H3;/q+1;-1. The van der Waals surface area contributed by atoms with Crippen molar-refractivity contribution in [1.82, 2.24) is 9.80 Å². The quantitative estimate of drug-likeness (QED) is 0.186. The third-order valence-corrected chi connectivity index (χ3v) is 17.8. The average Bonchev–Trinajstić information content (AvgIpc) is 3.14. The normalized spacial score (nSPS) is 20.7. The second-order valence-electron chi connectivity index (χ2n) is 8.12. The van der Waals surface area contributed by atoms with Crippen LogP contribution in [0.2, 0.25) is 0 Å². The van der Waals surface area contributed by atoms with E-state index in [2.05, 4.69) is 80.4 Å². The van der Waals surface area contributed by atoms with E-state index in [1.165, 1.54) is 0 Å². The molecule has 0 radical (unpaired) electrons. The van der Waals surface area contributed by atoms with Crippen LogP contribution in [0.25, 0.3) is 0 Å². The fourth-order valence-electron chi connectivity index (χ4n) is 3.52. The molecule has 21 heteroatoms. The van der Waals surface area contributed by atoms with Crippen LogP contribution in [-0.4, -0.2) is 120 Å². The Bertz CT molecular complexity index is 833. The zero-order chi connectivity index (χ0) is 28.2. The van der Waals surface area contributed by atoms with Crippen molar-refractivity contribution in [2.45, 2.75) is 23.4 Å². The second-order valence-corrected chi connectivity index (χ2v) is 26.7. The minimum absolute atomic E-state index is 1.01. The van der Waals surface area contributed by atoms with Crippen molar-refractivity contribution in [3.05, 3.63) is 0 Å². The summed E-state index contributed by atoms with van der Waals surface area (Å²) in [5, 5.41) is -8.71. The number of halogens is 15. The average molecular weight is 669 g/mol. The van der Waals surface area contributed by atoms with Crippen LogP contribution in [0.4, 0.5) is 43.9 Å². The van der Waals surface area contributed by atoms with E-state index in [1.54, 1.807) is 0 Å². The number of hydrogen-bond donors (Lipinski definition) is 0. The molecule has 0 bridgehead atoms. The molecule has 2 heterocycles. The molecule has 0 aromatic heterocycles. The molecule has 0 saturated heterocycles. The van der Waals surface area contributed by atoms with Crippen molar-refractivity contribution in [2.75, 3.05) is 54.4 Å². The fourth-order valence-corrected chi connectivity index (χ4v) is 13.7. The van der Waals surface area contributed by atoms with Crippen LogP contribution in [0.3, 0.4) is 0 Å². The van der Waals surface area contributed by atoms with E-state index in [4.69, 9.17) is 22.2 Å². The second kappa shape index (κ2) is 9.70. The van der Waals surface area contributed by atoms with Crippen molar-refractivity contribution in [2.24, 2.45) is 0 Å². The van der Waals surface area contributed by atoms with Gasteiger partial charge in [0.15, 0.2) is 0 Å². The van der Waals surface area contributed by atoms with Gasteiger partial charge in [-0.1, -0.05) is 0 Å². The fraction of sp³-hybridized carbons (Fsp3) is 0.857. The minimum atomic E-state index is -8.71. The topological polar surface area (TPSA) is 12.5 Å². The Labute approximate surface area is 218 Å². The summed E-state index contributed by atoms with van der Waals surface area (Å²) in [6.45, 7) is 1.10. The van der Waals surface area contributed by atoms with E-state index in [9.17, 15) is 43.9 Å². The van der Waals surface area contributed by atoms with Crippen LogP contribution < -0.4 is 0 Å². The van der Waals surface area contributed by atoms with Crippen molar-refractivity contribution in [1.29, 1.82) is 0 Å². The molecule has 2 aliphatic heterocycles. The molecule has 0 unspecified atom stereocenters. The SMILES string of the molecule is CN1CC[N+](C)=C1[SiH-](Cl)(Cl)C1=[N+](C)CCN1C.FC(F)(F)C(F)(F)[Si-](Cl)(Cl)(Cl)C(F)(F)C(F)(F)F. The molecule has 0 fully saturated rings. The van der Waals surface area contributed by atoms with Gasteiger partial charge < -0.3 is 0 Å². The summed E-state index contributed by atoms with van der Waals surface area (Å²) in [5.41, 5.74) is -11.3. The Balaban J connectivity index is 0.000000350. The van der Waals surface area contributed by atoms with Gasteiger partial charge in [-0.15, -0.1) is 0 Å². The van der Waals surface area contributed by atoms with Gasteiger partial charge in [0.1, 0.15) is 0 Å². The molecule has 0 amide bonds. The molecule has 210 valence electrons. The number of amidine groups is 2. The Morgan fingerprint density at radius 1 is 0.686 bits per heavy atom. The van der Waals surface area contributed by atoms with Gasteiger partial charge in [-0.05, 0) is 0 Å². The van der Waals surface area contributed by atoms with Crippen molar-refractivity contribution >= 4 is 78.3 Å². The Kier molecular flexibility index (Phi) is 9.19. The Morgan fingerprint density at radius 3 is 1.11 bits per heavy atom. The van der Waals surface area contributed by atoms with Crippen molar-refractivity contribution < 1.29 is 53.1 Å². The summed E-state index contributed by atoms with van der Waals surface area (Å²) in [7, 11) is 8.31. The summed E-state index contributed by atoms with van der Waals surface area (Å²) in [4.78, 5) is 4.41. The summed E-state index contributed by atoms with van der Waals surface area (Å²) < 4.78 is 126. The van der Waals surface area contributed by atoms with Gasteiger partial charge in [0.2, 0.25) is 0 Å². The van der Waals surface area contributed by atoms with Gasteiger partial charge in [-0.2, -0.15) is 0 Å². The predicted octanol–water partition coefficient (Wildman–Crippen LogP) is 4.76. The maximum atomic E-state index is 12.7. The van der Waals surface area contributed by atoms with E-state index in [0.717, 1.165) is 37.1 Å². The van der Waals surface area contributed by atoms with Gasteiger partial charge in [0.05, 0.1) is 0 Å². The number of nitrogens with zero attached hydrogens (tertiary/aromatic N) is 4. The van der Waals surface area contributed by atoms with Gasteiger partial charge in [-0.25, -0.2) is 0 Å². The van der Waals surface area contributed by atoms with Crippen molar-refractivity contribution in [3.63, 3.8) is 0 Å². The molecule has 35 heavy (non-hydrogen) atoms. The molecule has 0 saturated carbocycles. The molecule has 0 spiro atoms. The first-order chi connectivity index (χ1) is 15.1. The van der Waals surface area contributed by atoms with Gasteiger partial charge in [0, 0.05) is 0 Å². The first kappa shape index (κ1) is 33.2. The van der Waals surface area contributed by atoms with E-state index >= 15 is 0 Å². The number of hydrogen-bond acceptors (Lipinski definition) is 2. The molecule has 0 aromatic carbocycles. The molecule has 0 aromatic rings. The van der Waals surface area contributed by atoms with Gasteiger partial charge >= 0.3 is 219 Å². The van der Waals surface area contributed by atoms with Crippen LogP contribution in [-0.2, 0) is 0 Å². The predicted molar refractivity (Wildman–Crippen MR) is 122 cm³/mol. The van der Waals surface area contributed by atoms with Crippen LogP contribution in [0.1, 0.15) is 0 Å². The molecule has 0 aliphatic carbocycles. The molecule has 2 aliphatic rings.